The number of hydrogen-bond donors (Lipinski definition) is 2. The molecule has 0 bridgehead atoms. The van der Waals surface area contributed by atoms with Crippen LogP contribution in [0.5, 0.6) is 0 Å². The van der Waals surface area contributed by atoms with Gasteiger partial charge < -0.3 is 15.5 Å². The van der Waals surface area contributed by atoms with Crippen molar-refractivity contribution in [2.75, 3.05) is 42.2 Å². The van der Waals surface area contributed by atoms with Crippen LogP contribution in [0.1, 0.15) is 20.3 Å². The lowest BCUT2D eigenvalue weighted by molar-refractivity contribution is -0.116. The highest BCUT2D eigenvalue weighted by molar-refractivity contribution is 7.89. The summed E-state index contributed by atoms with van der Waals surface area (Å²) >= 11 is 0. The van der Waals surface area contributed by atoms with Crippen molar-refractivity contribution >= 4 is 38.9 Å². The van der Waals surface area contributed by atoms with Crippen LogP contribution >= 0.6 is 0 Å². The van der Waals surface area contributed by atoms with Crippen LogP contribution in [-0.4, -0.2) is 51.2 Å². The first-order chi connectivity index (χ1) is 14.6. The highest BCUT2D eigenvalue weighted by Gasteiger charge is 2.23. The molecule has 2 aromatic rings. The maximum Gasteiger partial charge on any atom is 0.243 e. The molecule has 9 heteroatoms. The molecular formula is C22H28N4O4S. The Morgan fingerprint density at radius 1 is 1.03 bits per heavy atom. The van der Waals surface area contributed by atoms with Crippen molar-refractivity contribution in [3.8, 4) is 0 Å². The Balaban J connectivity index is 1.58. The number of nitrogens with zero attached hydrogens (tertiary/aromatic N) is 2. The Bertz CT molecular complexity index is 1040. The van der Waals surface area contributed by atoms with Gasteiger partial charge in [-0.25, -0.2) is 8.42 Å². The van der Waals surface area contributed by atoms with Crippen molar-refractivity contribution in [3.63, 3.8) is 0 Å². The smallest absolute Gasteiger partial charge is 0.243 e. The van der Waals surface area contributed by atoms with Crippen LogP contribution in [0.2, 0.25) is 0 Å². The molecule has 1 saturated heterocycles. The second-order valence-electron chi connectivity index (χ2n) is 7.90. The first kappa shape index (κ1) is 22.8. The van der Waals surface area contributed by atoms with Crippen LogP contribution in [0.4, 0.5) is 17.1 Å². The lowest BCUT2D eigenvalue weighted by Gasteiger charge is -2.19. The number of carbonyl (C=O) groups is 2. The number of likely N-dealkylation sites (N-methyl/N-ethyl adjacent to an activating group) is 1. The monoisotopic (exact) mass is 444 g/mol. The van der Waals surface area contributed by atoms with Gasteiger partial charge in [-0.2, -0.15) is 4.31 Å². The van der Waals surface area contributed by atoms with Crippen molar-refractivity contribution < 1.29 is 18.0 Å². The Kier molecular flexibility index (Phi) is 6.97. The summed E-state index contributed by atoms with van der Waals surface area (Å²) in [5, 5.41) is 5.32. The van der Waals surface area contributed by atoms with Crippen molar-refractivity contribution in [3.05, 3.63) is 48.5 Å². The third-order valence-corrected chi connectivity index (χ3v) is 7.01. The van der Waals surface area contributed by atoms with E-state index in [9.17, 15) is 18.0 Å². The van der Waals surface area contributed by atoms with Gasteiger partial charge in [0.15, 0.2) is 0 Å². The number of anilines is 3. The van der Waals surface area contributed by atoms with Crippen LogP contribution in [0, 0.1) is 5.92 Å². The number of benzene rings is 2. The molecule has 0 radical (unpaired) electrons. The number of carbonyl (C=O) groups excluding carboxylic acids is 2. The van der Waals surface area contributed by atoms with Gasteiger partial charge in [-0.1, -0.05) is 6.92 Å². The predicted octanol–water partition coefficient (Wildman–Crippen LogP) is 2.75. The molecule has 0 spiro atoms. The van der Waals surface area contributed by atoms with Gasteiger partial charge >= 0.3 is 0 Å². The largest absolute Gasteiger partial charge is 0.371 e. The summed E-state index contributed by atoms with van der Waals surface area (Å²) in [7, 11) is -2.49. The fraction of sp³-hybridized carbons (Fsp3) is 0.364. The maximum atomic E-state index is 12.7. The molecule has 1 aliphatic rings. The zero-order valence-corrected chi connectivity index (χ0v) is 18.8. The van der Waals surface area contributed by atoms with Crippen molar-refractivity contribution in [2.24, 2.45) is 5.92 Å². The lowest BCUT2D eigenvalue weighted by atomic mass is 10.2. The molecule has 3 rings (SSSR count). The molecule has 2 amide bonds. The van der Waals surface area contributed by atoms with E-state index in [1.54, 1.807) is 0 Å². The van der Waals surface area contributed by atoms with Gasteiger partial charge in [-0.3, -0.25) is 9.59 Å². The molecule has 1 fully saturated rings. The second kappa shape index (κ2) is 9.49. The summed E-state index contributed by atoms with van der Waals surface area (Å²) < 4.78 is 26.4. The van der Waals surface area contributed by atoms with E-state index in [4.69, 9.17) is 0 Å². The Hall–Kier alpha value is -2.91. The second-order valence-corrected chi connectivity index (χ2v) is 9.95. The highest BCUT2D eigenvalue weighted by atomic mass is 32.2. The van der Waals surface area contributed by atoms with Gasteiger partial charge in [0, 0.05) is 44.1 Å². The summed E-state index contributed by atoms with van der Waals surface area (Å²) in [6.45, 7) is 5.34. The van der Waals surface area contributed by atoms with Crippen LogP contribution in [-0.2, 0) is 19.6 Å². The van der Waals surface area contributed by atoms with E-state index in [0.717, 1.165) is 23.1 Å². The first-order valence-electron chi connectivity index (χ1n) is 10.1. The number of hydrogen-bond acceptors (Lipinski definition) is 5. The lowest BCUT2D eigenvalue weighted by Crippen LogP contribution is -2.35. The molecule has 1 atom stereocenters. The van der Waals surface area contributed by atoms with Gasteiger partial charge in [0.2, 0.25) is 21.8 Å². The summed E-state index contributed by atoms with van der Waals surface area (Å²) in [5.74, 6) is 0.00868. The molecule has 166 valence electrons. The first-order valence-corrected chi connectivity index (χ1v) is 11.6. The van der Waals surface area contributed by atoms with Crippen molar-refractivity contribution in [1.29, 1.82) is 0 Å². The van der Waals surface area contributed by atoms with Gasteiger partial charge in [0.1, 0.15) is 0 Å². The van der Waals surface area contributed by atoms with Crippen molar-refractivity contribution in [2.45, 2.75) is 25.2 Å². The van der Waals surface area contributed by atoms with E-state index in [-0.39, 0.29) is 17.3 Å². The third-order valence-electron chi connectivity index (χ3n) is 5.19. The average Bonchev–Trinajstić information content (AvgIpc) is 3.14. The van der Waals surface area contributed by atoms with Gasteiger partial charge in [-0.15, -0.1) is 0 Å². The van der Waals surface area contributed by atoms with Gasteiger partial charge in [-0.05, 0) is 60.9 Å². The molecule has 0 aliphatic carbocycles. The van der Waals surface area contributed by atoms with Crippen LogP contribution in [0.3, 0.4) is 0 Å². The molecule has 0 aromatic heterocycles. The van der Waals surface area contributed by atoms with E-state index >= 15 is 0 Å². The van der Waals surface area contributed by atoms with E-state index < -0.39 is 15.9 Å². The molecule has 1 unspecified atom stereocenters. The molecule has 2 N–H and O–H groups in total. The molecular weight excluding hydrogens is 416 g/mol. The topological polar surface area (TPSA) is 98.8 Å². The van der Waals surface area contributed by atoms with E-state index in [2.05, 4.69) is 22.5 Å². The fourth-order valence-corrected chi connectivity index (χ4v) is 4.63. The molecule has 1 heterocycles. The minimum absolute atomic E-state index is 0.0427. The highest BCUT2D eigenvalue weighted by Crippen LogP contribution is 2.25. The zero-order valence-electron chi connectivity index (χ0n) is 18.0. The average molecular weight is 445 g/mol. The fourth-order valence-electron chi connectivity index (χ4n) is 3.51. The predicted molar refractivity (Wildman–Crippen MR) is 122 cm³/mol. The molecule has 2 aromatic carbocycles. The molecule has 0 saturated carbocycles. The summed E-state index contributed by atoms with van der Waals surface area (Å²) in [6, 6.07) is 13.4. The minimum atomic E-state index is -3.84. The van der Waals surface area contributed by atoms with E-state index in [1.165, 1.54) is 44.7 Å². The third kappa shape index (κ3) is 5.83. The molecule has 1 aliphatic heterocycles. The Labute approximate surface area is 183 Å². The standard InChI is InChI=1S/C22H28N4O4S/c1-16-12-13-26(14-16)20-8-4-19(5-9-20)24-22(28)15-25(3)31(29,30)21-10-6-18(7-11-21)23-17(2)27/h4-11,16H,12-15H2,1-3H3,(H,23,27)(H,24,28). The van der Waals surface area contributed by atoms with Crippen molar-refractivity contribution in [1.82, 2.24) is 4.31 Å². The molecule has 8 nitrogen and oxygen atoms in total. The van der Waals surface area contributed by atoms with Crippen LogP contribution < -0.4 is 15.5 Å². The normalized spacial score (nSPS) is 16.4. The zero-order chi connectivity index (χ0) is 22.6. The Morgan fingerprint density at radius 2 is 1.61 bits per heavy atom. The van der Waals surface area contributed by atoms with E-state index in [0.29, 0.717) is 17.3 Å². The number of sulfonamides is 1. The number of rotatable bonds is 7. The quantitative estimate of drug-likeness (QED) is 0.684. The summed E-state index contributed by atoms with van der Waals surface area (Å²) in [5.41, 5.74) is 2.23. The summed E-state index contributed by atoms with van der Waals surface area (Å²) in [4.78, 5) is 25.8. The maximum absolute atomic E-state index is 12.7. The van der Waals surface area contributed by atoms with Crippen LogP contribution in [0.15, 0.2) is 53.4 Å². The minimum Gasteiger partial charge on any atom is -0.371 e. The SMILES string of the molecule is CC(=O)Nc1ccc(S(=O)(=O)N(C)CC(=O)Nc2ccc(N3CCC(C)C3)cc2)cc1. The summed E-state index contributed by atoms with van der Waals surface area (Å²) in [6.07, 6.45) is 1.18. The van der Waals surface area contributed by atoms with Gasteiger partial charge in [0.05, 0.1) is 11.4 Å². The molecule has 31 heavy (non-hydrogen) atoms. The number of nitrogens with one attached hydrogen (secondary N) is 2. The number of amides is 2. The Morgan fingerprint density at radius 3 is 2.16 bits per heavy atom. The van der Waals surface area contributed by atoms with Crippen LogP contribution in [0.25, 0.3) is 0 Å². The van der Waals surface area contributed by atoms with Gasteiger partial charge in [0.25, 0.3) is 0 Å². The van der Waals surface area contributed by atoms with E-state index in [1.807, 2.05) is 24.3 Å².